The molecule has 0 aromatic carbocycles. The summed E-state index contributed by atoms with van der Waals surface area (Å²) < 4.78 is 1.82. The van der Waals surface area contributed by atoms with Gasteiger partial charge in [-0.2, -0.15) is 5.10 Å². The van der Waals surface area contributed by atoms with Crippen molar-refractivity contribution in [3.63, 3.8) is 0 Å². The molecule has 5 nitrogen and oxygen atoms in total. The molecule has 2 heterocycles. The van der Waals surface area contributed by atoms with Crippen molar-refractivity contribution in [2.45, 2.75) is 39.3 Å². The molecule has 0 aliphatic rings. The van der Waals surface area contributed by atoms with E-state index in [0.29, 0.717) is 12.1 Å². The van der Waals surface area contributed by atoms with Gasteiger partial charge in [-0.15, -0.1) is 0 Å². The lowest BCUT2D eigenvalue weighted by Crippen LogP contribution is -2.13. The maximum Gasteiger partial charge on any atom is 0.138 e. The Hall–Kier alpha value is -1.75. The summed E-state index contributed by atoms with van der Waals surface area (Å²) in [6.45, 7) is 6.02. The van der Waals surface area contributed by atoms with Crippen LogP contribution in [0.5, 0.6) is 0 Å². The zero-order valence-corrected chi connectivity index (χ0v) is 10.9. The first-order valence-corrected chi connectivity index (χ1v) is 6.07. The predicted octanol–water partition coefficient (Wildman–Crippen LogP) is 1.84. The summed E-state index contributed by atoms with van der Waals surface area (Å²) in [6, 6.07) is 4.04. The molecule has 0 aliphatic carbocycles. The number of rotatable bonds is 4. The van der Waals surface area contributed by atoms with Gasteiger partial charge >= 0.3 is 0 Å². The third-order valence-corrected chi connectivity index (χ3v) is 2.88. The largest absolute Gasteiger partial charge is 0.386 e. The van der Waals surface area contributed by atoms with Crippen LogP contribution in [-0.2, 0) is 6.42 Å². The molecule has 1 N–H and O–H groups in total. The van der Waals surface area contributed by atoms with Crippen molar-refractivity contribution < 1.29 is 5.11 Å². The number of hydrogen-bond donors (Lipinski definition) is 1. The third kappa shape index (κ3) is 2.56. The van der Waals surface area contributed by atoms with E-state index in [2.05, 4.69) is 15.1 Å². The molecule has 1 atom stereocenters. The Morgan fingerprint density at radius 1 is 1.33 bits per heavy atom. The van der Waals surface area contributed by atoms with Crippen molar-refractivity contribution in [2.75, 3.05) is 0 Å². The smallest absolute Gasteiger partial charge is 0.138 e. The Balaban J connectivity index is 2.19. The summed E-state index contributed by atoms with van der Waals surface area (Å²) in [7, 11) is 0. The molecule has 0 spiro atoms. The van der Waals surface area contributed by atoms with Gasteiger partial charge in [0.2, 0.25) is 0 Å². The van der Waals surface area contributed by atoms with E-state index >= 15 is 0 Å². The molecule has 18 heavy (non-hydrogen) atoms. The highest BCUT2D eigenvalue weighted by Crippen LogP contribution is 2.19. The van der Waals surface area contributed by atoms with E-state index in [1.807, 2.05) is 37.6 Å². The van der Waals surface area contributed by atoms with Gasteiger partial charge in [-0.1, -0.05) is 6.07 Å². The normalized spacial score (nSPS) is 12.9. The monoisotopic (exact) mass is 246 g/mol. The van der Waals surface area contributed by atoms with Crippen LogP contribution in [-0.4, -0.2) is 24.9 Å². The minimum atomic E-state index is -0.645. The molecular formula is C13H18N4O. The van der Waals surface area contributed by atoms with E-state index in [1.165, 1.54) is 6.33 Å². The standard InChI is InChI=1S/C13H18N4O/c1-9(2)17-12(15-8-16-17)7-11(18)13-10(3)5-4-6-14-13/h4-6,8-9,11,18H,7H2,1-3H3. The fraction of sp³-hybridized carbons (Fsp3) is 0.462. The quantitative estimate of drug-likeness (QED) is 0.894. The molecule has 2 aromatic rings. The second kappa shape index (κ2) is 5.27. The molecule has 0 saturated heterocycles. The average molecular weight is 246 g/mol. The van der Waals surface area contributed by atoms with E-state index in [0.717, 1.165) is 11.4 Å². The van der Waals surface area contributed by atoms with Crippen molar-refractivity contribution in [1.82, 2.24) is 19.7 Å². The van der Waals surface area contributed by atoms with Crippen LogP contribution in [0.25, 0.3) is 0 Å². The van der Waals surface area contributed by atoms with Gasteiger partial charge in [-0.05, 0) is 32.4 Å². The molecule has 0 radical (unpaired) electrons. The van der Waals surface area contributed by atoms with Crippen LogP contribution in [0, 0.1) is 6.92 Å². The molecule has 0 aliphatic heterocycles. The first-order chi connectivity index (χ1) is 8.59. The van der Waals surface area contributed by atoms with Crippen LogP contribution in [0.1, 0.15) is 43.1 Å². The van der Waals surface area contributed by atoms with Gasteiger partial charge in [0.15, 0.2) is 0 Å². The van der Waals surface area contributed by atoms with Gasteiger partial charge in [0.05, 0.1) is 5.69 Å². The summed E-state index contributed by atoms with van der Waals surface area (Å²) in [5, 5.41) is 14.4. The highest BCUT2D eigenvalue weighted by Gasteiger charge is 2.16. The van der Waals surface area contributed by atoms with E-state index in [9.17, 15) is 5.11 Å². The van der Waals surface area contributed by atoms with E-state index < -0.39 is 6.10 Å². The minimum absolute atomic E-state index is 0.236. The maximum atomic E-state index is 10.2. The first-order valence-electron chi connectivity index (χ1n) is 6.07. The second-order valence-electron chi connectivity index (χ2n) is 4.64. The molecule has 1 unspecified atom stereocenters. The Morgan fingerprint density at radius 2 is 2.11 bits per heavy atom. The lowest BCUT2D eigenvalue weighted by atomic mass is 10.1. The molecule has 0 bridgehead atoms. The van der Waals surface area contributed by atoms with Crippen LogP contribution < -0.4 is 0 Å². The van der Waals surface area contributed by atoms with Gasteiger partial charge in [0, 0.05) is 18.7 Å². The average Bonchev–Trinajstić information content (AvgIpc) is 2.77. The summed E-state index contributed by atoms with van der Waals surface area (Å²) in [5.41, 5.74) is 1.69. The summed E-state index contributed by atoms with van der Waals surface area (Å²) in [4.78, 5) is 8.42. The van der Waals surface area contributed by atoms with Gasteiger partial charge in [-0.25, -0.2) is 9.67 Å². The number of aliphatic hydroxyl groups excluding tert-OH is 1. The van der Waals surface area contributed by atoms with Crippen LogP contribution in [0.2, 0.25) is 0 Å². The van der Waals surface area contributed by atoms with Crippen LogP contribution >= 0.6 is 0 Å². The second-order valence-corrected chi connectivity index (χ2v) is 4.64. The summed E-state index contributed by atoms with van der Waals surface area (Å²) in [6.07, 6.45) is 3.00. The molecule has 0 fully saturated rings. The van der Waals surface area contributed by atoms with Crippen molar-refractivity contribution in [3.05, 3.63) is 41.7 Å². The zero-order chi connectivity index (χ0) is 13.1. The molecule has 96 valence electrons. The molecule has 0 saturated carbocycles. The summed E-state index contributed by atoms with van der Waals surface area (Å²) in [5.74, 6) is 0.780. The van der Waals surface area contributed by atoms with Crippen molar-refractivity contribution in [1.29, 1.82) is 0 Å². The molecule has 2 aromatic heterocycles. The van der Waals surface area contributed by atoms with Crippen molar-refractivity contribution in [2.24, 2.45) is 0 Å². The Bertz CT molecular complexity index is 521. The van der Waals surface area contributed by atoms with E-state index in [4.69, 9.17) is 0 Å². The van der Waals surface area contributed by atoms with E-state index in [1.54, 1.807) is 6.20 Å². The Labute approximate surface area is 107 Å². The number of aryl methyl sites for hydroxylation is 1. The highest BCUT2D eigenvalue weighted by molar-refractivity contribution is 5.20. The molecule has 2 rings (SSSR count). The van der Waals surface area contributed by atoms with Crippen LogP contribution in [0.4, 0.5) is 0 Å². The van der Waals surface area contributed by atoms with Crippen molar-refractivity contribution in [3.8, 4) is 0 Å². The van der Waals surface area contributed by atoms with Gasteiger partial charge in [0.1, 0.15) is 18.3 Å². The Kier molecular flexibility index (Phi) is 3.72. The fourth-order valence-electron chi connectivity index (χ4n) is 1.97. The number of aliphatic hydroxyl groups is 1. The van der Waals surface area contributed by atoms with Gasteiger partial charge in [-0.3, -0.25) is 4.98 Å². The number of hydrogen-bond acceptors (Lipinski definition) is 4. The fourth-order valence-corrected chi connectivity index (χ4v) is 1.97. The third-order valence-electron chi connectivity index (χ3n) is 2.88. The topological polar surface area (TPSA) is 63.8 Å². The van der Waals surface area contributed by atoms with Crippen LogP contribution in [0.3, 0.4) is 0 Å². The molecular weight excluding hydrogens is 228 g/mol. The number of aromatic nitrogens is 4. The van der Waals surface area contributed by atoms with Gasteiger partial charge in [0.25, 0.3) is 0 Å². The first kappa shape index (κ1) is 12.7. The maximum absolute atomic E-state index is 10.2. The van der Waals surface area contributed by atoms with Gasteiger partial charge < -0.3 is 5.11 Å². The lowest BCUT2D eigenvalue weighted by Gasteiger charge is -2.14. The molecule has 0 amide bonds. The number of pyridine rings is 1. The summed E-state index contributed by atoms with van der Waals surface area (Å²) >= 11 is 0. The minimum Gasteiger partial charge on any atom is -0.386 e. The number of nitrogens with zero attached hydrogens (tertiary/aromatic N) is 4. The van der Waals surface area contributed by atoms with E-state index in [-0.39, 0.29) is 6.04 Å². The highest BCUT2D eigenvalue weighted by atomic mass is 16.3. The Morgan fingerprint density at radius 3 is 2.78 bits per heavy atom. The predicted molar refractivity (Wildman–Crippen MR) is 68.0 cm³/mol. The van der Waals surface area contributed by atoms with Crippen LogP contribution in [0.15, 0.2) is 24.7 Å². The molecule has 5 heteroatoms. The lowest BCUT2D eigenvalue weighted by molar-refractivity contribution is 0.168. The SMILES string of the molecule is Cc1cccnc1C(O)Cc1ncnn1C(C)C. The van der Waals surface area contributed by atoms with Crippen molar-refractivity contribution >= 4 is 0 Å². The zero-order valence-electron chi connectivity index (χ0n) is 10.9.